The van der Waals surface area contributed by atoms with Crippen molar-refractivity contribution in [3.8, 4) is 17.6 Å². The van der Waals surface area contributed by atoms with E-state index >= 15 is 0 Å². The van der Waals surface area contributed by atoms with Gasteiger partial charge in [0.1, 0.15) is 15.9 Å². The molecule has 0 atom stereocenters. The molecule has 0 unspecified atom stereocenters. The predicted molar refractivity (Wildman–Crippen MR) is 105 cm³/mol. The van der Waals surface area contributed by atoms with Crippen molar-refractivity contribution in [2.45, 2.75) is 13.8 Å². The molecule has 0 saturated carbocycles. The number of nitrogens with zero attached hydrogens (tertiary/aromatic N) is 2. The predicted octanol–water partition coefficient (Wildman–Crippen LogP) is 3.44. The maximum atomic E-state index is 12.2. The zero-order valence-electron chi connectivity index (χ0n) is 14.4. The van der Waals surface area contributed by atoms with Gasteiger partial charge in [-0.05, 0) is 53.0 Å². The number of nitrogens with one attached hydrogen (secondary N) is 1. The van der Waals surface area contributed by atoms with Gasteiger partial charge in [-0.15, -0.1) is 11.3 Å². The van der Waals surface area contributed by atoms with E-state index in [0.717, 1.165) is 11.3 Å². The third-order valence-electron chi connectivity index (χ3n) is 3.41. The van der Waals surface area contributed by atoms with Crippen molar-refractivity contribution in [1.82, 2.24) is 5.43 Å². The Bertz CT molecular complexity index is 902. The Kier molecular flexibility index (Phi) is 6.60. The largest absolute Gasteiger partial charge is 0.493 e. The number of carbonyl (C=O) groups excluding carboxylic acids is 1. The zero-order chi connectivity index (χ0) is 19.3. The highest BCUT2D eigenvalue weighted by molar-refractivity contribution is 9.10. The number of nitrogens with two attached hydrogens (primary N) is 1. The molecule has 1 amide bonds. The van der Waals surface area contributed by atoms with Crippen molar-refractivity contribution < 1.29 is 14.3 Å². The average Bonchev–Trinajstić information content (AvgIpc) is 2.90. The first-order valence-electron chi connectivity index (χ1n) is 7.55. The molecule has 0 aliphatic carbocycles. The van der Waals surface area contributed by atoms with E-state index in [-0.39, 0.29) is 0 Å². The van der Waals surface area contributed by atoms with Gasteiger partial charge in [-0.3, -0.25) is 4.79 Å². The molecule has 0 radical (unpaired) electrons. The lowest BCUT2D eigenvalue weighted by Crippen LogP contribution is -2.17. The first-order valence-corrected chi connectivity index (χ1v) is 9.16. The lowest BCUT2D eigenvalue weighted by Gasteiger charge is -2.11. The number of rotatable bonds is 6. The molecule has 0 aliphatic rings. The Balaban J connectivity index is 2.17. The van der Waals surface area contributed by atoms with Gasteiger partial charge in [0.15, 0.2) is 11.5 Å². The van der Waals surface area contributed by atoms with E-state index in [1.807, 2.05) is 13.0 Å². The van der Waals surface area contributed by atoms with E-state index < -0.39 is 5.91 Å². The summed E-state index contributed by atoms with van der Waals surface area (Å²) < 4.78 is 11.6. The molecule has 3 N–H and O–H groups in total. The highest BCUT2D eigenvalue weighted by Crippen LogP contribution is 2.36. The van der Waals surface area contributed by atoms with Crippen LogP contribution in [0.5, 0.6) is 11.5 Å². The summed E-state index contributed by atoms with van der Waals surface area (Å²) in [6.07, 6.45) is 1.48. The number of halogens is 1. The molecule has 2 aromatic rings. The number of hydrogen-bond donors (Lipinski definition) is 2. The smallest absolute Gasteiger partial charge is 0.281 e. The van der Waals surface area contributed by atoms with Crippen LogP contribution in [0.1, 0.15) is 33.3 Å². The Labute approximate surface area is 163 Å². The van der Waals surface area contributed by atoms with Crippen molar-refractivity contribution in [2.75, 3.05) is 19.5 Å². The second-order valence-corrected chi connectivity index (χ2v) is 6.98. The molecule has 0 bridgehead atoms. The van der Waals surface area contributed by atoms with Crippen LogP contribution in [-0.2, 0) is 0 Å². The first kappa shape index (κ1) is 19.8. The fourth-order valence-electron chi connectivity index (χ4n) is 2.21. The van der Waals surface area contributed by atoms with Crippen LogP contribution < -0.4 is 20.6 Å². The van der Waals surface area contributed by atoms with Gasteiger partial charge in [-0.2, -0.15) is 10.4 Å². The van der Waals surface area contributed by atoms with Crippen molar-refractivity contribution in [2.24, 2.45) is 5.10 Å². The van der Waals surface area contributed by atoms with Gasteiger partial charge in [0.2, 0.25) is 0 Å². The summed E-state index contributed by atoms with van der Waals surface area (Å²) >= 11 is 4.49. The lowest BCUT2D eigenvalue weighted by atomic mass is 10.2. The quantitative estimate of drug-likeness (QED) is 0.532. The van der Waals surface area contributed by atoms with E-state index in [1.165, 1.54) is 6.21 Å². The Hall–Kier alpha value is -2.57. The summed E-state index contributed by atoms with van der Waals surface area (Å²) in [5.41, 5.74) is 9.76. The van der Waals surface area contributed by atoms with Gasteiger partial charge >= 0.3 is 0 Å². The van der Waals surface area contributed by atoms with Crippen molar-refractivity contribution in [1.29, 1.82) is 5.26 Å². The van der Waals surface area contributed by atoms with Gasteiger partial charge in [0.25, 0.3) is 5.91 Å². The van der Waals surface area contributed by atoms with Crippen LogP contribution in [0, 0.1) is 18.3 Å². The van der Waals surface area contributed by atoms with E-state index in [1.54, 1.807) is 26.2 Å². The number of hydrazone groups is 1. The first-order chi connectivity index (χ1) is 12.4. The number of amides is 1. The number of ether oxygens (including phenoxy) is 2. The minimum Gasteiger partial charge on any atom is -0.493 e. The minimum absolute atomic E-state index is 0.319. The summed E-state index contributed by atoms with van der Waals surface area (Å²) in [5, 5.41) is 13.3. The van der Waals surface area contributed by atoms with Gasteiger partial charge in [-0.1, -0.05) is 0 Å². The van der Waals surface area contributed by atoms with Crippen molar-refractivity contribution in [3.05, 3.63) is 38.2 Å². The average molecular weight is 437 g/mol. The second-order valence-electron chi connectivity index (χ2n) is 5.07. The molecule has 0 fully saturated rings. The van der Waals surface area contributed by atoms with Crippen LogP contribution >= 0.6 is 27.3 Å². The fraction of sp³-hybridized carbons (Fsp3) is 0.235. The van der Waals surface area contributed by atoms with E-state index in [9.17, 15) is 4.79 Å². The molecule has 7 nitrogen and oxygen atoms in total. The van der Waals surface area contributed by atoms with E-state index in [2.05, 4.69) is 26.5 Å². The number of carbonyl (C=O) groups is 1. The number of nitriles is 1. The summed E-state index contributed by atoms with van der Waals surface area (Å²) in [4.78, 5) is 12.6. The number of anilines is 1. The molecule has 136 valence electrons. The SMILES string of the molecule is CCOc1c(Br)cc(C=NNC(=O)c2sc(N)c(C#N)c2C)cc1OC. The van der Waals surface area contributed by atoms with Crippen LogP contribution in [0.2, 0.25) is 0 Å². The second kappa shape index (κ2) is 8.69. The summed E-state index contributed by atoms with van der Waals surface area (Å²) in [6, 6.07) is 5.53. The molecule has 9 heteroatoms. The van der Waals surface area contributed by atoms with Crippen molar-refractivity contribution in [3.63, 3.8) is 0 Å². The number of benzene rings is 1. The summed E-state index contributed by atoms with van der Waals surface area (Å²) in [7, 11) is 1.55. The van der Waals surface area contributed by atoms with E-state index in [4.69, 9.17) is 20.5 Å². The lowest BCUT2D eigenvalue weighted by molar-refractivity contribution is 0.0958. The molecule has 1 heterocycles. The molecular weight excluding hydrogens is 420 g/mol. The van der Waals surface area contributed by atoms with Crippen LogP contribution in [0.3, 0.4) is 0 Å². The number of hydrogen-bond acceptors (Lipinski definition) is 7. The van der Waals surface area contributed by atoms with Gasteiger partial charge in [-0.25, -0.2) is 5.43 Å². The molecule has 0 aliphatic heterocycles. The zero-order valence-corrected chi connectivity index (χ0v) is 16.8. The molecule has 2 rings (SSSR count). The fourth-order valence-corrected chi connectivity index (χ4v) is 3.69. The van der Waals surface area contributed by atoms with Gasteiger partial charge in [0.05, 0.1) is 30.0 Å². The monoisotopic (exact) mass is 436 g/mol. The van der Waals surface area contributed by atoms with Crippen LogP contribution in [0.4, 0.5) is 5.00 Å². The van der Waals surface area contributed by atoms with Crippen LogP contribution in [0.15, 0.2) is 21.7 Å². The topological polar surface area (TPSA) is 110 Å². The van der Waals surface area contributed by atoms with Crippen LogP contribution in [0.25, 0.3) is 0 Å². The Morgan fingerprint density at radius 3 is 2.85 bits per heavy atom. The van der Waals surface area contributed by atoms with Crippen LogP contribution in [-0.4, -0.2) is 25.8 Å². The number of nitrogen functional groups attached to an aromatic ring is 1. The van der Waals surface area contributed by atoms with Crippen molar-refractivity contribution >= 4 is 44.4 Å². The molecule has 1 aromatic carbocycles. The maximum absolute atomic E-state index is 12.2. The Morgan fingerprint density at radius 1 is 1.54 bits per heavy atom. The van der Waals surface area contributed by atoms with Gasteiger partial charge < -0.3 is 15.2 Å². The molecule has 26 heavy (non-hydrogen) atoms. The minimum atomic E-state index is -0.422. The number of thiophene rings is 1. The standard InChI is InChI=1S/C17H17BrN4O3S/c1-4-25-14-12(18)5-10(6-13(14)24-3)8-21-22-17(23)15-9(2)11(7-19)16(20)26-15/h5-6,8H,4,20H2,1-3H3,(H,22,23). The highest BCUT2D eigenvalue weighted by atomic mass is 79.9. The molecular formula is C17H17BrN4O3S. The van der Waals surface area contributed by atoms with Gasteiger partial charge in [0, 0.05) is 0 Å². The summed E-state index contributed by atoms with van der Waals surface area (Å²) in [6.45, 7) is 4.07. The normalized spacial score (nSPS) is 10.6. The Morgan fingerprint density at radius 2 is 2.27 bits per heavy atom. The molecule has 1 aromatic heterocycles. The van der Waals surface area contributed by atoms with E-state index in [0.29, 0.717) is 49.1 Å². The third kappa shape index (κ3) is 4.15. The maximum Gasteiger partial charge on any atom is 0.281 e. The highest BCUT2D eigenvalue weighted by Gasteiger charge is 2.18. The molecule has 0 spiro atoms. The molecule has 0 saturated heterocycles. The summed E-state index contributed by atoms with van der Waals surface area (Å²) in [5.74, 6) is 0.730. The number of methoxy groups -OCH3 is 1. The third-order valence-corrected chi connectivity index (χ3v) is 5.12.